The molecule has 0 amide bonds. The highest BCUT2D eigenvalue weighted by molar-refractivity contribution is 5.44. The third-order valence-corrected chi connectivity index (χ3v) is 3.61. The molecule has 1 nitrogen and oxygen atoms in total. The summed E-state index contributed by atoms with van der Waals surface area (Å²) in [6.07, 6.45) is -6.08. The maximum absolute atomic E-state index is 14.2. The molecule has 0 spiro atoms. The van der Waals surface area contributed by atoms with Gasteiger partial charge in [0.2, 0.25) is 0 Å². The summed E-state index contributed by atoms with van der Waals surface area (Å²) in [4.78, 5) is 0. The molecule has 0 aromatic heterocycles. The van der Waals surface area contributed by atoms with Crippen molar-refractivity contribution in [1.29, 1.82) is 0 Å². The lowest BCUT2D eigenvalue weighted by atomic mass is 9.78. The normalized spacial score (nSPS) is 15.3. The van der Waals surface area contributed by atoms with Crippen LogP contribution in [0.25, 0.3) is 0 Å². The lowest BCUT2D eigenvalue weighted by molar-refractivity contribution is -0.337. The first-order chi connectivity index (χ1) is 10.5. The molecule has 0 aliphatic carbocycles. The molecule has 0 saturated heterocycles. The van der Waals surface area contributed by atoms with Gasteiger partial charge in [0.15, 0.2) is 5.60 Å². The van der Waals surface area contributed by atoms with Crippen molar-refractivity contribution in [2.45, 2.75) is 24.6 Å². The molecule has 0 aliphatic heterocycles. The number of hydrogen-bond acceptors (Lipinski definition) is 1. The van der Waals surface area contributed by atoms with Gasteiger partial charge in [0.25, 0.3) is 0 Å². The van der Waals surface area contributed by atoms with Gasteiger partial charge in [-0.25, -0.2) is 4.39 Å². The molecule has 1 N–H and O–H groups in total. The van der Waals surface area contributed by atoms with Gasteiger partial charge < -0.3 is 5.11 Å². The Kier molecular flexibility index (Phi) is 4.19. The van der Waals surface area contributed by atoms with Crippen LogP contribution < -0.4 is 0 Å². The summed E-state index contributed by atoms with van der Waals surface area (Å²) in [5.74, 6) is -6.96. The molecule has 2 rings (SSSR count). The highest BCUT2D eigenvalue weighted by atomic mass is 19.4. The number of hydrogen-bond donors (Lipinski definition) is 1. The van der Waals surface area contributed by atoms with Crippen molar-refractivity contribution in [3.8, 4) is 0 Å². The predicted molar refractivity (Wildman–Crippen MR) is 71.6 cm³/mol. The fourth-order valence-corrected chi connectivity index (χ4v) is 2.42. The largest absolute Gasteiger partial charge is 0.457 e. The third kappa shape index (κ3) is 2.59. The van der Waals surface area contributed by atoms with Gasteiger partial charge in [-0.2, -0.15) is 22.0 Å². The van der Waals surface area contributed by atoms with Crippen LogP contribution in [0.5, 0.6) is 0 Å². The standard InChI is InChI=1S/C16H12F6O/c1-10-6-2-3-7-11(10)14(23,15(18,19)16(20,21)22)12-8-4-5-9-13(12)17/h2-9,23H,1H3. The van der Waals surface area contributed by atoms with Crippen molar-refractivity contribution in [3.05, 3.63) is 71.0 Å². The maximum atomic E-state index is 14.2. The van der Waals surface area contributed by atoms with E-state index in [1.165, 1.54) is 25.1 Å². The molecule has 2 aromatic carbocycles. The van der Waals surface area contributed by atoms with E-state index in [1.54, 1.807) is 0 Å². The van der Waals surface area contributed by atoms with E-state index in [1.807, 2.05) is 0 Å². The van der Waals surface area contributed by atoms with Crippen LogP contribution in [0.4, 0.5) is 26.3 Å². The van der Waals surface area contributed by atoms with E-state index in [0.717, 1.165) is 18.2 Å². The molecule has 124 valence electrons. The molecule has 1 atom stereocenters. The molecule has 23 heavy (non-hydrogen) atoms. The molecule has 1 unspecified atom stereocenters. The molecule has 0 fully saturated rings. The van der Waals surface area contributed by atoms with Gasteiger partial charge >= 0.3 is 12.1 Å². The topological polar surface area (TPSA) is 20.2 Å². The summed E-state index contributed by atoms with van der Waals surface area (Å²) in [7, 11) is 0. The lowest BCUT2D eigenvalue weighted by Crippen LogP contribution is -2.56. The Bertz CT molecular complexity index is 662. The van der Waals surface area contributed by atoms with E-state index in [2.05, 4.69) is 0 Å². The number of alkyl halides is 5. The molecule has 0 bridgehead atoms. The highest BCUT2D eigenvalue weighted by Gasteiger charge is 2.71. The number of aryl methyl sites for hydroxylation is 1. The molecule has 0 aliphatic rings. The Morgan fingerprint density at radius 1 is 0.783 bits per heavy atom. The monoisotopic (exact) mass is 334 g/mol. The number of halogens is 6. The maximum Gasteiger partial charge on any atom is 0.457 e. The van der Waals surface area contributed by atoms with E-state index in [-0.39, 0.29) is 5.56 Å². The van der Waals surface area contributed by atoms with Crippen LogP contribution in [-0.4, -0.2) is 17.2 Å². The van der Waals surface area contributed by atoms with Crippen LogP contribution in [0, 0.1) is 12.7 Å². The molecule has 0 saturated carbocycles. The smallest absolute Gasteiger partial charge is 0.374 e. The van der Waals surface area contributed by atoms with Crippen molar-refractivity contribution in [2.24, 2.45) is 0 Å². The van der Waals surface area contributed by atoms with Gasteiger partial charge in [0.05, 0.1) is 0 Å². The van der Waals surface area contributed by atoms with Gasteiger partial charge in [-0.05, 0) is 24.1 Å². The number of benzene rings is 2. The lowest BCUT2D eigenvalue weighted by Gasteiger charge is -2.38. The zero-order valence-electron chi connectivity index (χ0n) is 11.8. The first-order valence-corrected chi connectivity index (χ1v) is 6.51. The van der Waals surface area contributed by atoms with Gasteiger partial charge in [0, 0.05) is 5.56 Å². The Balaban J connectivity index is 2.87. The zero-order chi connectivity index (χ0) is 17.5. The quantitative estimate of drug-likeness (QED) is 0.816. The summed E-state index contributed by atoms with van der Waals surface area (Å²) in [5.41, 5.74) is -5.77. The first kappa shape index (κ1) is 17.3. The van der Waals surface area contributed by atoms with Crippen LogP contribution in [0.3, 0.4) is 0 Å². The molecule has 0 radical (unpaired) electrons. The van der Waals surface area contributed by atoms with E-state index in [9.17, 15) is 31.4 Å². The summed E-state index contributed by atoms with van der Waals surface area (Å²) in [6.45, 7) is 1.26. The van der Waals surface area contributed by atoms with Crippen molar-refractivity contribution in [3.63, 3.8) is 0 Å². The van der Waals surface area contributed by atoms with Crippen molar-refractivity contribution < 1.29 is 31.4 Å². The van der Waals surface area contributed by atoms with E-state index < -0.39 is 34.6 Å². The summed E-state index contributed by atoms with van der Waals surface area (Å²) in [5, 5.41) is 10.5. The van der Waals surface area contributed by atoms with Crippen LogP contribution in [0.1, 0.15) is 16.7 Å². The zero-order valence-corrected chi connectivity index (χ0v) is 11.8. The fourth-order valence-electron chi connectivity index (χ4n) is 2.42. The van der Waals surface area contributed by atoms with E-state index in [4.69, 9.17) is 0 Å². The van der Waals surface area contributed by atoms with E-state index >= 15 is 0 Å². The Labute approximate surface area is 128 Å². The first-order valence-electron chi connectivity index (χ1n) is 6.51. The van der Waals surface area contributed by atoms with Gasteiger partial charge in [-0.1, -0.05) is 42.5 Å². The number of aliphatic hydroxyl groups is 1. The van der Waals surface area contributed by atoms with Gasteiger partial charge in [-0.15, -0.1) is 0 Å². The molecule has 2 aromatic rings. The predicted octanol–water partition coefficient (Wildman–Crippen LogP) is 4.57. The average molecular weight is 334 g/mol. The van der Waals surface area contributed by atoms with Gasteiger partial charge in [0.1, 0.15) is 5.82 Å². The minimum atomic E-state index is -6.08. The Morgan fingerprint density at radius 2 is 1.26 bits per heavy atom. The van der Waals surface area contributed by atoms with Crippen LogP contribution in [-0.2, 0) is 5.60 Å². The number of rotatable bonds is 3. The molecular formula is C16H12F6O. The molecule has 7 heteroatoms. The SMILES string of the molecule is Cc1ccccc1C(O)(c1ccccc1F)C(F)(F)C(F)(F)F. The van der Waals surface area contributed by atoms with Crippen LogP contribution in [0.15, 0.2) is 48.5 Å². The minimum absolute atomic E-state index is 0.0258. The fraction of sp³-hybridized carbons (Fsp3) is 0.250. The second-order valence-corrected chi connectivity index (χ2v) is 5.08. The second-order valence-electron chi connectivity index (χ2n) is 5.08. The average Bonchev–Trinajstić information content (AvgIpc) is 2.46. The third-order valence-electron chi connectivity index (χ3n) is 3.61. The Hall–Kier alpha value is -2.02. The summed E-state index contributed by atoms with van der Waals surface area (Å²) >= 11 is 0. The molecule has 0 heterocycles. The van der Waals surface area contributed by atoms with E-state index in [0.29, 0.717) is 12.1 Å². The molecular weight excluding hydrogens is 322 g/mol. The van der Waals surface area contributed by atoms with Crippen molar-refractivity contribution >= 4 is 0 Å². The van der Waals surface area contributed by atoms with Crippen molar-refractivity contribution in [1.82, 2.24) is 0 Å². The highest BCUT2D eigenvalue weighted by Crippen LogP contribution is 2.52. The van der Waals surface area contributed by atoms with Crippen molar-refractivity contribution in [2.75, 3.05) is 0 Å². The van der Waals surface area contributed by atoms with Crippen LogP contribution in [0.2, 0.25) is 0 Å². The summed E-state index contributed by atoms with van der Waals surface area (Å²) in [6, 6.07) is 8.41. The Morgan fingerprint density at radius 3 is 1.74 bits per heavy atom. The van der Waals surface area contributed by atoms with Gasteiger partial charge in [-0.3, -0.25) is 0 Å². The minimum Gasteiger partial charge on any atom is -0.374 e. The second kappa shape index (κ2) is 5.56. The van der Waals surface area contributed by atoms with Crippen LogP contribution >= 0.6 is 0 Å². The summed E-state index contributed by atoms with van der Waals surface area (Å²) < 4.78 is 81.1.